The fraction of sp³-hybridized carbons (Fsp3) is 0.526. The minimum Gasteiger partial charge on any atom is -0.379 e. The van der Waals surface area contributed by atoms with Gasteiger partial charge in [0.1, 0.15) is 7.85 Å². The van der Waals surface area contributed by atoms with E-state index in [-0.39, 0.29) is 0 Å². The van der Waals surface area contributed by atoms with Crippen molar-refractivity contribution >= 4 is 14.1 Å². The summed E-state index contributed by atoms with van der Waals surface area (Å²) >= 11 is 0. The third-order valence-corrected chi connectivity index (χ3v) is 4.83. The normalized spacial score (nSPS) is 21.7. The number of rotatable bonds is 6. The highest BCUT2D eigenvalue weighted by atomic mass is 15.2. The molecule has 0 saturated carbocycles. The van der Waals surface area contributed by atoms with Crippen LogP contribution < -0.4 is 5.32 Å². The molecule has 0 bridgehead atoms. The Labute approximate surface area is 141 Å². The molecular formula is C19H28BN3. The third-order valence-electron chi connectivity index (χ3n) is 4.83. The zero-order chi connectivity index (χ0) is 16.2. The number of nitrogens with zero attached hydrogens (tertiary/aromatic N) is 2. The molecular weight excluding hydrogens is 281 g/mol. The third kappa shape index (κ3) is 4.26. The molecule has 1 saturated heterocycles. The lowest BCUT2D eigenvalue weighted by Gasteiger charge is -2.40. The van der Waals surface area contributed by atoms with E-state index in [9.17, 15) is 0 Å². The molecule has 1 aromatic rings. The van der Waals surface area contributed by atoms with Gasteiger partial charge in [0.25, 0.3) is 0 Å². The molecule has 122 valence electrons. The van der Waals surface area contributed by atoms with Crippen molar-refractivity contribution in [2.45, 2.75) is 39.1 Å². The second kappa shape index (κ2) is 7.35. The van der Waals surface area contributed by atoms with Crippen LogP contribution in [0.4, 0.5) is 0 Å². The molecule has 0 spiro atoms. The summed E-state index contributed by atoms with van der Waals surface area (Å²) in [4.78, 5) is 6.81. The highest BCUT2D eigenvalue weighted by molar-refractivity contribution is 6.08. The van der Waals surface area contributed by atoms with Gasteiger partial charge in [-0.25, -0.2) is 0 Å². The Balaban J connectivity index is 1.47. The van der Waals surface area contributed by atoms with E-state index in [1.807, 2.05) is 12.4 Å². The Kier molecular flexibility index (Phi) is 5.21. The van der Waals surface area contributed by atoms with Gasteiger partial charge in [0.2, 0.25) is 0 Å². The molecule has 1 N–H and O–H groups in total. The van der Waals surface area contributed by atoms with Crippen molar-refractivity contribution in [3.8, 4) is 0 Å². The van der Waals surface area contributed by atoms with Crippen molar-refractivity contribution in [3.63, 3.8) is 0 Å². The molecule has 3 nitrogen and oxygen atoms in total. The summed E-state index contributed by atoms with van der Waals surface area (Å²) in [6.07, 6.45) is 7.55. The SMILES string of the molecule is BCCc1ccc(CC2CN(CC3=CN=CC(C)N3)C2)c(C)c1. The number of aryl methyl sites for hydroxylation is 2. The molecule has 3 rings (SSSR count). The number of aliphatic imine (C=N–C) groups is 1. The van der Waals surface area contributed by atoms with Crippen molar-refractivity contribution in [1.29, 1.82) is 0 Å². The van der Waals surface area contributed by atoms with Gasteiger partial charge in [-0.3, -0.25) is 9.89 Å². The molecule has 2 aliphatic heterocycles. The number of benzene rings is 1. The van der Waals surface area contributed by atoms with Gasteiger partial charge >= 0.3 is 0 Å². The highest BCUT2D eigenvalue weighted by Gasteiger charge is 2.27. The van der Waals surface area contributed by atoms with Gasteiger partial charge < -0.3 is 5.32 Å². The Hall–Kier alpha value is -1.55. The summed E-state index contributed by atoms with van der Waals surface area (Å²) < 4.78 is 0. The van der Waals surface area contributed by atoms with Crippen LogP contribution in [0.2, 0.25) is 6.32 Å². The summed E-state index contributed by atoms with van der Waals surface area (Å²) in [5, 5.41) is 3.48. The Bertz CT molecular complexity index is 603. The van der Waals surface area contributed by atoms with Gasteiger partial charge in [0, 0.05) is 37.7 Å². The first kappa shape index (κ1) is 16.3. The second-order valence-corrected chi connectivity index (χ2v) is 7.16. The summed E-state index contributed by atoms with van der Waals surface area (Å²) in [7, 11) is 2.24. The quantitative estimate of drug-likeness (QED) is 0.814. The predicted molar refractivity (Wildman–Crippen MR) is 101 cm³/mol. The summed E-state index contributed by atoms with van der Waals surface area (Å²) in [5.74, 6) is 0.802. The number of hydrogen-bond donors (Lipinski definition) is 1. The minimum absolute atomic E-state index is 0.358. The monoisotopic (exact) mass is 309 g/mol. The van der Waals surface area contributed by atoms with E-state index in [0.29, 0.717) is 6.04 Å². The van der Waals surface area contributed by atoms with Crippen LogP contribution in [0.3, 0.4) is 0 Å². The fourth-order valence-corrected chi connectivity index (χ4v) is 3.63. The molecule has 0 radical (unpaired) electrons. The molecule has 0 amide bonds. The van der Waals surface area contributed by atoms with E-state index in [1.54, 1.807) is 0 Å². The average molecular weight is 309 g/mol. The smallest absolute Gasteiger partial charge is 0.101 e. The molecule has 0 aromatic heterocycles. The molecule has 2 heterocycles. The maximum atomic E-state index is 4.30. The van der Waals surface area contributed by atoms with E-state index < -0.39 is 0 Å². The van der Waals surface area contributed by atoms with Crippen LogP contribution in [-0.4, -0.2) is 44.6 Å². The predicted octanol–water partition coefficient (Wildman–Crippen LogP) is 1.97. The first-order valence-corrected chi connectivity index (χ1v) is 8.93. The van der Waals surface area contributed by atoms with Crippen LogP contribution in [0.15, 0.2) is 35.1 Å². The van der Waals surface area contributed by atoms with Crippen LogP contribution >= 0.6 is 0 Å². The Morgan fingerprint density at radius 1 is 1.35 bits per heavy atom. The van der Waals surface area contributed by atoms with Gasteiger partial charge in [-0.2, -0.15) is 0 Å². The molecule has 1 fully saturated rings. The molecule has 1 unspecified atom stereocenters. The number of likely N-dealkylation sites (tertiary alicyclic amines) is 1. The Morgan fingerprint density at radius 2 is 2.17 bits per heavy atom. The topological polar surface area (TPSA) is 27.6 Å². The van der Waals surface area contributed by atoms with Gasteiger partial charge in [0.15, 0.2) is 0 Å². The van der Waals surface area contributed by atoms with E-state index in [4.69, 9.17) is 0 Å². The number of hydrogen-bond acceptors (Lipinski definition) is 3. The first-order chi connectivity index (χ1) is 11.1. The van der Waals surface area contributed by atoms with Crippen LogP contribution in [0.5, 0.6) is 0 Å². The highest BCUT2D eigenvalue weighted by Crippen LogP contribution is 2.23. The molecule has 4 heteroatoms. The van der Waals surface area contributed by atoms with E-state index >= 15 is 0 Å². The van der Waals surface area contributed by atoms with Crippen molar-refractivity contribution in [2.24, 2.45) is 10.9 Å². The van der Waals surface area contributed by atoms with Crippen LogP contribution in [0.1, 0.15) is 23.6 Å². The maximum Gasteiger partial charge on any atom is 0.101 e. The van der Waals surface area contributed by atoms with Gasteiger partial charge in [-0.05, 0) is 49.3 Å². The largest absolute Gasteiger partial charge is 0.379 e. The lowest BCUT2D eigenvalue weighted by molar-refractivity contribution is 0.110. The Morgan fingerprint density at radius 3 is 2.87 bits per heavy atom. The second-order valence-electron chi connectivity index (χ2n) is 7.16. The number of nitrogens with one attached hydrogen (secondary N) is 1. The lowest BCUT2D eigenvalue weighted by Crippen LogP contribution is -2.50. The van der Waals surface area contributed by atoms with Gasteiger partial charge in [-0.1, -0.05) is 24.5 Å². The van der Waals surface area contributed by atoms with E-state index in [2.05, 4.69) is 55.1 Å². The molecule has 2 aliphatic rings. The molecule has 0 aliphatic carbocycles. The van der Waals surface area contributed by atoms with Crippen LogP contribution in [0, 0.1) is 12.8 Å². The first-order valence-electron chi connectivity index (χ1n) is 8.93. The average Bonchev–Trinajstić information content (AvgIpc) is 2.47. The van der Waals surface area contributed by atoms with Crippen LogP contribution in [-0.2, 0) is 12.8 Å². The summed E-state index contributed by atoms with van der Waals surface area (Å²) in [6.45, 7) is 7.81. The standard InChI is InChI=1S/C19H28BN3/c1-14-7-16(5-6-20)3-4-18(14)8-17-11-23(12-17)13-19-10-21-9-15(2)22-19/h3-4,7,9-10,15,17,22H,5-6,8,11-13,20H2,1-2H3. The summed E-state index contributed by atoms with van der Waals surface area (Å²) in [6, 6.07) is 7.41. The van der Waals surface area contributed by atoms with Crippen molar-refractivity contribution in [2.75, 3.05) is 19.6 Å². The van der Waals surface area contributed by atoms with Crippen LogP contribution in [0.25, 0.3) is 0 Å². The van der Waals surface area contributed by atoms with E-state index in [1.165, 1.54) is 54.6 Å². The van der Waals surface area contributed by atoms with Crippen molar-refractivity contribution in [1.82, 2.24) is 10.2 Å². The lowest BCUT2D eigenvalue weighted by atomic mass is 9.88. The molecule has 1 atom stereocenters. The maximum absolute atomic E-state index is 4.30. The van der Waals surface area contributed by atoms with Crippen molar-refractivity contribution in [3.05, 3.63) is 46.8 Å². The zero-order valence-corrected chi connectivity index (χ0v) is 14.7. The molecule has 1 aromatic carbocycles. The fourth-order valence-electron chi connectivity index (χ4n) is 3.63. The van der Waals surface area contributed by atoms with Gasteiger partial charge in [-0.15, -0.1) is 0 Å². The summed E-state index contributed by atoms with van der Waals surface area (Å²) in [5.41, 5.74) is 5.73. The van der Waals surface area contributed by atoms with E-state index in [0.717, 1.165) is 12.5 Å². The van der Waals surface area contributed by atoms with Crippen molar-refractivity contribution < 1.29 is 0 Å². The van der Waals surface area contributed by atoms with Gasteiger partial charge in [0.05, 0.1) is 6.04 Å². The molecule has 23 heavy (non-hydrogen) atoms. The minimum atomic E-state index is 0.358. The zero-order valence-electron chi connectivity index (χ0n) is 14.7.